The van der Waals surface area contributed by atoms with Crippen LogP contribution in [0.2, 0.25) is 0 Å². The van der Waals surface area contributed by atoms with Gasteiger partial charge in [-0.25, -0.2) is 4.90 Å². The van der Waals surface area contributed by atoms with Gasteiger partial charge in [-0.1, -0.05) is 0 Å². The summed E-state index contributed by atoms with van der Waals surface area (Å²) in [5, 5.41) is 0. The molecule has 2 amide bonds. The van der Waals surface area contributed by atoms with Crippen LogP contribution in [-0.2, 0) is 9.59 Å². The maximum absolute atomic E-state index is 11.8. The fourth-order valence-electron chi connectivity index (χ4n) is 1.74. The van der Waals surface area contributed by atoms with Gasteiger partial charge < -0.3 is 4.90 Å². The SMILES string of the molecule is CN(C)/C=C/C(=O)c1ccc(N2C(=O)C=CC2=O)cc1. The van der Waals surface area contributed by atoms with Crippen molar-refractivity contribution in [3.05, 3.63) is 54.3 Å². The number of amides is 2. The highest BCUT2D eigenvalue weighted by Crippen LogP contribution is 2.19. The first-order chi connectivity index (χ1) is 9.49. The molecule has 20 heavy (non-hydrogen) atoms. The van der Waals surface area contributed by atoms with Gasteiger partial charge in [-0.2, -0.15) is 0 Å². The Morgan fingerprint density at radius 3 is 2.10 bits per heavy atom. The van der Waals surface area contributed by atoms with Crippen molar-refractivity contribution in [1.82, 2.24) is 4.90 Å². The minimum Gasteiger partial charge on any atom is -0.383 e. The summed E-state index contributed by atoms with van der Waals surface area (Å²) in [5.41, 5.74) is 0.956. The van der Waals surface area contributed by atoms with Gasteiger partial charge in [0, 0.05) is 44.1 Å². The van der Waals surface area contributed by atoms with Crippen LogP contribution in [0, 0.1) is 0 Å². The van der Waals surface area contributed by atoms with E-state index in [-0.39, 0.29) is 17.6 Å². The standard InChI is InChI=1S/C15H14N2O3/c1-16(2)10-9-13(18)11-3-5-12(6-4-11)17-14(19)7-8-15(17)20/h3-10H,1-2H3/b10-9+. The molecule has 1 aliphatic rings. The molecule has 2 rings (SSSR count). The molecule has 1 aliphatic heterocycles. The van der Waals surface area contributed by atoms with Crippen LogP contribution >= 0.6 is 0 Å². The van der Waals surface area contributed by atoms with Crippen molar-refractivity contribution in [2.24, 2.45) is 0 Å². The van der Waals surface area contributed by atoms with Gasteiger partial charge in [-0.15, -0.1) is 0 Å². The fourth-order valence-corrected chi connectivity index (χ4v) is 1.74. The third kappa shape index (κ3) is 2.83. The summed E-state index contributed by atoms with van der Waals surface area (Å²) in [4.78, 5) is 37.7. The predicted molar refractivity (Wildman–Crippen MR) is 75.2 cm³/mol. The number of imide groups is 1. The first-order valence-electron chi connectivity index (χ1n) is 6.04. The first kappa shape index (κ1) is 13.7. The fraction of sp³-hybridized carbons (Fsp3) is 0.133. The third-order valence-electron chi connectivity index (χ3n) is 2.74. The van der Waals surface area contributed by atoms with E-state index in [1.165, 1.54) is 18.2 Å². The summed E-state index contributed by atoms with van der Waals surface area (Å²) < 4.78 is 0. The van der Waals surface area contributed by atoms with Crippen LogP contribution < -0.4 is 4.90 Å². The van der Waals surface area contributed by atoms with Gasteiger partial charge in [0.25, 0.3) is 11.8 Å². The Morgan fingerprint density at radius 1 is 1.05 bits per heavy atom. The highest BCUT2D eigenvalue weighted by atomic mass is 16.2. The number of allylic oxidation sites excluding steroid dienone is 1. The number of nitrogens with zero attached hydrogens (tertiary/aromatic N) is 2. The van der Waals surface area contributed by atoms with Crippen molar-refractivity contribution < 1.29 is 14.4 Å². The molecular weight excluding hydrogens is 256 g/mol. The number of hydrogen-bond acceptors (Lipinski definition) is 4. The van der Waals surface area contributed by atoms with Gasteiger partial charge in [0.1, 0.15) is 0 Å². The summed E-state index contributed by atoms with van der Waals surface area (Å²) in [5.74, 6) is -0.884. The lowest BCUT2D eigenvalue weighted by Crippen LogP contribution is -2.29. The van der Waals surface area contributed by atoms with Crippen molar-refractivity contribution in [3.63, 3.8) is 0 Å². The van der Waals surface area contributed by atoms with Crippen LogP contribution in [0.1, 0.15) is 10.4 Å². The zero-order chi connectivity index (χ0) is 14.7. The van der Waals surface area contributed by atoms with E-state index < -0.39 is 0 Å². The zero-order valence-electron chi connectivity index (χ0n) is 11.2. The van der Waals surface area contributed by atoms with Crippen LogP contribution in [0.25, 0.3) is 0 Å². The molecule has 0 fully saturated rings. The van der Waals surface area contributed by atoms with Crippen LogP contribution in [0.5, 0.6) is 0 Å². The molecule has 0 unspecified atom stereocenters. The lowest BCUT2D eigenvalue weighted by Gasteiger charge is -2.13. The molecule has 0 bridgehead atoms. The minimum atomic E-state index is -0.374. The van der Waals surface area contributed by atoms with E-state index >= 15 is 0 Å². The van der Waals surface area contributed by atoms with Crippen molar-refractivity contribution in [3.8, 4) is 0 Å². The number of carbonyl (C=O) groups is 3. The summed E-state index contributed by atoms with van der Waals surface area (Å²) in [6.07, 6.45) is 5.57. The second-order valence-corrected chi connectivity index (χ2v) is 4.54. The summed E-state index contributed by atoms with van der Waals surface area (Å²) in [6.45, 7) is 0. The molecule has 0 saturated heterocycles. The summed E-state index contributed by atoms with van der Waals surface area (Å²) in [6, 6.07) is 6.35. The third-order valence-corrected chi connectivity index (χ3v) is 2.74. The lowest BCUT2D eigenvalue weighted by atomic mass is 10.1. The average Bonchev–Trinajstić information content (AvgIpc) is 2.76. The van der Waals surface area contributed by atoms with E-state index in [0.717, 1.165) is 4.90 Å². The lowest BCUT2D eigenvalue weighted by molar-refractivity contribution is -0.119. The predicted octanol–water partition coefficient (Wildman–Crippen LogP) is 1.37. The van der Waals surface area contributed by atoms with Crippen LogP contribution in [0.4, 0.5) is 5.69 Å². The van der Waals surface area contributed by atoms with Gasteiger partial charge in [0.15, 0.2) is 5.78 Å². The normalized spacial score (nSPS) is 14.4. The van der Waals surface area contributed by atoms with Crippen LogP contribution in [0.3, 0.4) is 0 Å². The van der Waals surface area contributed by atoms with Gasteiger partial charge in [-0.3, -0.25) is 14.4 Å². The summed E-state index contributed by atoms with van der Waals surface area (Å²) >= 11 is 0. The first-order valence-corrected chi connectivity index (χ1v) is 6.04. The Kier molecular flexibility index (Phi) is 3.79. The molecular formula is C15H14N2O3. The quantitative estimate of drug-likeness (QED) is 0.471. The molecule has 0 atom stereocenters. The van der Waals surface area contributed by atoms with Crippen molar-refractivity contribution in [2.75, 3.05) is 19.0 Å². The maximum atomic E-state index is 11.8. The molecule has 102 valence electrons. The van der Waals surface area contributed by atoms with Gasteiger partial charge in [0.05, 0.1) is 5.69 Å². The second kappa shape index (κ2) is 5.52. The average molecular weight is 270 g/mol. The van der Waals surface area contributed by atoms with Crippen molar-refractivity contribution in [2.45, 2.75) is 0 Å². The maximum Gasteiger partial charge on any atom is 0.258 e. The molecule has 0 N–H and O–H groups in total. The number of ketones is 1. The molecule has 1 heterocycles. The molecule has 1 aromatic carbocycles. The zero-order valence-corrected chi connectivity index (χ0v) is 11.2. The van der Waals surface area contributed by atoms with Gasteiger partial charge in [0.2, 0.25) is 0 Å². The Morgan fingerprint density at radius 2 is 1.60 bits per heavy atom. The van der Waals surface area contributed by atoms with E-state index in [4.69, 9.17) is 0 Å². The molecule has 0 radical (unpaired) electrons. The van der Waals surface area contributed by atoms with E-state index in [1.54, 1.807) is 35.4 Å². The summed E-state index contributed by atoms with van der Waals surface area (Å²) in [7, 11) is 3.65. The largest absolute Gasteiger partial charge is 0.383 e. The second-order valence-electron chi connectivity index (χ2n) is 4.54. The molecule has 5 nitrogen and oxygen atoms in total. The number of anilines is 1. The number of benzene rings is 1. The number of carbonyl (C=O) groups excluding carboxylic acids is 3. The minimum absolute atomic E-state index is 0.137. The van der Waals surface area contributed by atoms with E-state index in [9.17, 15) is 14.4 Å². The Bertz CT molecular complexity index is 595. The Balaban J connectivity index is 2.17. The van der Waals surface area contributed by atoms with Gasteiger partial charge >= 0.3 is 0 Å². The molecule has 0 saturated carbocycles. The Hall–Kier alpha value is -2.69. The van der Waals surface area contributed by atoms with Crippen molar-refractivity contribution >= 4 is 23.3 Å². The molecule has 0 spiro atoms. The highest BCUT2D eigenvalue weighted by molar-refractivity contribution is 6.28. The highest BCUT2D eigenvalue weighted by Gasteiger charge is 2.24. The van der Waals surface area contributed by atoms with Crippen LogP contribution in [0.15, 0.2) is 48.7 Å². The Labute approximate surface area is 116 Å². The molecule has 0 aromatic heterocycles. The van der Waals surface area contributed by atoms with Gasteiger partial charge in [-0.05, 0) is 24.3 Å². The van der Waals surface area contributed by atoms with Crippen LogP contribution in [-0.4, -0.2) is 36.6 Å². The molecule has 1 aromatic rings. The van der Waals surface area contributed by atoms with E-state index in [1.807, 2.05) is 14.1 Å². The molecule has 5 heteroatoms. The monoisotopic (exact) mass is 270 g/mol. The van der Waals surface area contributed by atoms with E-state index in [0.29, 0.717) is 11.3 Å². The van der Waals surface area contributed by atoms with Crippen molar-refractivity contribution in [1.29, 1.82) is 0 Å². The molecule has 0 aliphatic carbocycles. The number of rotatable bonds is 4. The smallest absolute Gasteiger partial charge is 0.258 e. The topological polar surface area (TPSA) is 57.7 Å². The van der Waals surface area contributed by atoms with E-state index in [2.05, 4.69) is 0 Å². The number of hydrogen-bond donors (Lipinski definition) is 0.